The molecule has 0 saturated heterocycles. The first-order valence-electron chi connectivity index (χ1n) is 3.53. The van der Waals surface area contributed by atoms with Gasteiger partial charge in [0.25, 0.3) is 0 Å². The zero-order chi connectivity index (χ0) is 8.55. The molecule has 0 atom stereocenters. The molecule has 0 bridgehead atoms. The fourth-order valence-corrected chi connectivity index (χ4v) is 1.07. The van der Waals surface area contributed by atoms with Crippen LogP contribution in [0.5, 0.6) is 11.5 Å². The highest BCUT2D eigenvalue weighted by Crippen LogP contribution is 2.30. The largest absolute Gasteiger partial charge is 0.508 e. The van der Waals surface area contributed by atoms with Crippen molar-refractivity contribution in [1.82, 2.24) is 0 Å². The summed E-state index contributed by atoms with van der Waals surface area (Å²) >= 11 is 0. The van der Waals surface area contributed by atoms with Crippen LogP contribution in [-0.4, -0.2) is 17.6 Å². The van der Waals surface area contributed by atoms with Gasteiger partial charge in [-0.05, 0) is 12.1 Å². The average molecular weight is 165 g/mol. The second-order valence-electron chi connectivity index (χ2n) is 2.51. The molecule has 1 aromatic carbocycles. The lowest BCUT2D eigenvalue weighted by Crippen LogP contribution is -2.24. The van der Waals surface area contributed by atoms with Crippen molar-refractivity contribution in [3.05, 3.63) is 18.2 Å². The van der Waals surface area contributed by atoms with Crippen LogP contribution in [0.3, 0.4) is 0 Å². The third-order valence-corrected chi connectivity index (χ3v) is 1.61. The lowest BCUT2D eigenvalue weighted by Gasteiger charge is -2.16. The van der Waals surface area contributed by atoms with Crippen LogP contribution < -0.4 is 10.1 Å². The number of rotatable bonds is 0. The molecule has 0 amide bonds. The molecule has 1 aliphatic heterocycles. The minimum absolute atomic E-state index is 0.0882. The van der Waals surface area contributed by atoms with Gasteiger partial charge in [0.1, 0.15) is 12.3 Å². The number of carbonyl (C=O) groups is 1. The zero-order valence-corrected chi connectivity index (χ0v) is 6.20. The number of esters is 1. The number of phenols is 1. The molecule has 1 aromatic rings. The molecule has 1 aliphatic rings. The lowest BCUT2D eigenvalue weighted by atomic mass is 10.2. The fraction of sp³-hybridized carbons (Fsp3) is 0.125. The average Bonchev–Trinajstić information content (AvgIpc) is 2.03. The van der Waals surface area contributed by atoms with Crippen molar-refractivity contribution in [2.45, 2.75) is 0 Å². The van der Waals surface area contributed by atoms with Gasteiger partial charge in [-0.15, -0.1) is 0 Å². The predicted molar refractivity (Wildman–Crippen MR) is 42.2 cm³/mol. The van der Waals surface area contributed by atoms with Crippen molar-refractivity contribution in [3.63, 3.8) is 0 Å². The normalized spacial score (nSPS) is 14.5. The summed E-state index contributed by atoms with van der Waals surface area (Å²) in [5, 5.41) is 11.9. The van der Waals surface area contributed by atoms with Crippen LogP contribution in [0.2, 0.25) is 0 Å². The molecule has 0 aliphatic carbocycles. The van der Waals surface area contributed by atoms with Gasteiger partial charge in [-0.3, -0.25) is 0 Å². The number of fused-ring (bicyclic) bond motifs is 1. The molecular formula is C8H7NO3. The number of aromatic hydroxyl groups is 1. The second kappa shape index (κ2) is 2.41. The van der Waals surface area contributed by atoms with Crippen molar-refractivity contribution in [2.75, 3.05) is 11.9 Å². The summed E-state index contributed by atoms with van der Waals surface area (Å²) in [5.74, 6) is 0.129. The van der Waals surface area contributed by atoms with Gasteiger partial charge in [-0.2, -0.15) is 0 Å². The van der Waals surface area contributed by atoms with E-state index in [9.17, 15) is 4.79 Å². The molecule has 1 heterocycles. The van der Waals surface area contributed by atoms with Crippen molar-refractivity contribution >= 4 is 11.7 Å². The van der Waals surface area contributed by atoms with E-state index in [4.69, 9.17) is 9.84 Å². The van der Waals surface area contributed by atoms with Gasteiger partial charge in [-0.25, -0.2) is 4.79 Å². The van der Waals surface area contributed by atoms with E-state index in [1.807, 2.05) is 0 Å². The molecule has 2 N–H and O–H groups in total. The van der Waals surface area contributed by atoms with E-state index in [2.05, 4.69) is 5.32 Å². The molecule has 0 radical (unpaired) electrons. The van der Waals surface area contributed by atoms with Crippen molar-refractivity contribution in [1.29, 1.82) is 0 Å². The molecule has 0 saturated carbocycles. The quantitative estimate of drug-likeness (QED) is 0.338. The summed E-state index contributed by atoms with van der Waals surface area (Å²) in [4.78, 5) is 10.8. The van der Waals surface area contributed by atoms with Crippen molar-refractivity contribution in [2.24, 2.45) is 0 Å². The van der Waals surface area contributed by atoms with Crippen LogP contribution in [0.15, 0.2) is 18.2 Å². The summed E-state index contributed by atoms with van der Waals surface area (Å²) < 4.78 is 4.85. The highest BCUT2D eigenvalue weighted by atomic mass is 16.5. The summed E-state index contributed by atoms with van der Waals surface area (Å²) in [6.45, 7) is 0.178. The molecule has 0 fully saturated rings. The first-order chi connectivity index (χ1) is 5.75. The van der Waals surface area contributed by atoms with Gasteiger partial charge < -0.3 is 15.2 Å². The summed E-state index contributed by atoms with van der Waals surface area (Å²) in [5.41, 5.74) is 0.729. The van der Waals surface area contributed by atoms with Gasteiger partial charge in [0.2, 0.25) is 0 Å². The number of hydrogen-bond acceptors (Lipinski definition) is 4. The number of nitrogens with one attached hydrogen (secondary N) is 1. The maximum atomic E-state index is 10.8. The minimum Gasteiger partial charge on any atom is -0.508 e. The van der Waals surface area contributed by atoms with Gasteiger partial charge in [-0.1, -0.05) is 0 Å². The summed E-state index contributed by atoms with van der Waals surface area (Å²) in [6.07, 6.45) is 0. The molecule has 4 heteroatoms. The number of benzene rings is 1. The topological polar surface area (TPSA) is 58.6 Å². The van der Waals surface area contributed by atoms with Gasteiger partial charge in [0.05, 0.1) is 5.69 Å². The van der Waals surface area contributed by atoms with E-state index in [-0.39, 0.29) is 18.3 Å². The maximum absolute atomic E-state index is 10.8. The van der Waals surface area contributed by atoms with E-state index in [0.29, 0.717) is 5.75 Å². The Morgan fingerprint density at radius 3 is 3.17 bits per heavy atom. The third kappa shape index (κ3) is 1.07. The molecule has 62 valence electrons. The van der Waals surface area contributed by atoms with Gasteiger partial charge in [0, 0.05) is 6.07 Å². The maximum Gasteiger partial charge on any atom is 0.330 e. The van der Waals surface area contributed by atoms with Crippen LogP contribution >= 0.6 is 0 Å². The van der Waals surface area contributed by atoms with Gasteiger partial charge in [0.15, 0.2) is 5.75 Å². The van der Waals surface area contributed by atoms with E-state index < -0.39 is 0 Å². The van der Waals surface area contributed by atoms with Crippen molar-refractivity contribution < 1.29 is 14.6 Å². The van der Waals surface area contributed by atoms with Crippen LogP contribution in [0.1, 0.15) is 0 Å². The summed E-state index contributed by atoms with van der Waals surface area (Å²) in [6, 6.07) is 4.60. The lowest BCUT2D eigenvalue weighted by molar-refractivity contribution is -0.132. The molecule has 2 rings (SSSR count). The molecule has 0 spiro atoms. The van der Waals surface area contributed by atoms with Crippen molar-refractivity contribution in [3.8, 4) is 11.5 Å². The standard InChI is InChI=1S/C8H7NO3/c10-5-1-2-6-7(3-5)12-8(11)4-9-6/h1-3,9-10H,4H2. The third-order valence-electron chi connectivity index (χ3n) is 1.61. The number of anilines is 1. The van der Waals surface area contributed by atoms with Crippen LogP contribution in [0, 0.1) is 0 Å². The number of phenolic OH excluding ortho intramolecular Hbond substituents is 1. The van der Waals surface area contributed by atoms with E-state index in [1.54, 1.807) is 6.07 Å². The fourth-order valence-electron chi connectivity index (χ4n) is 1.07. The van der Waals surface area contributed by atoms with Crippen LogP contribution in [0.4, 0.5) is 5.69 Å². The van der Waals surface area contributed by atoms with Crippen LogP contribution in [0.25, 0.3) is 0 Å². The molecule has 0 aromatic heterocycles. The number of carbonyl (C=O) groups excluding carboxylic acids is 1. The Morgan fingerprint density at radius 2 is 2.33 bits per heavy atom. The highest BCUT2D eigenvalue weighted by molar-refractivity contribution is 5.83. The van der Waals surface area contributed by atoms with E-state index >= 15 is 0 Å². The number of ether oxygens (including phenoxy) is 1. The second-order valence-corrected chi connectivity index (χ2v) is 2.51. The monoisotopic (exact) mass is 165 g/mol. The van der Waals surface area contributed by atoms with Crippen LogP contribution in [-0.2, 0) is 4.79 Å². The highest BCUT2D eigenvalue weighted by Gasteiger charge is 2.15. The molecule has 0 unspecified atom stereocenters. The smallest absolute Gasteiger partial charge is 0.330 e. The number of hydrogen-bond donors (Lipinski definition) is 2. The van der Waals surface area contributed by atoms with Gasteiger partial charge >= 0.3 is 5.97 Å². The molecule has 4 nitrogen and oxygen atoms in total. The van der Waals surface area contributed by atoms with E-state index in [1.165, 1.54) is 12.1 Å². The Kier molecular flexibility index (Phi) is 1.40. The Bertz CT molecular complexity index is 335. The minimum atomic E-state index is -0.340. The summed E-state index contributed by atoms with van der Waals surface area (Å²) in [7, 11) is 0. The molecule has 12 heavy (non-hydrogen) atoms. The SMILES string of the molecule is O=C1CNc2ccc(O)cc2O1. The molecular weight excluding hydrogens is 158 g/mol. The Balaban J connectivity index is 2.44. The zero-order valence-electron chi connectivity index (χ0n) is 6.20. The van der Waals surface area contributed by atoms with E-state index in [0.717, 1.165) is 5.69 Å². The first kappa shape index (κ1) is 6.97. The predicted octanol–water partition coefficient (Wildman–Crippen LogP) is 0.723. The Hall–Kier alpha value is -1.71. The Labute approximate surface area is 68.8 Å². The Morgan fingerprint density at radius 1 is 1.50 bits per heavy atom. The first-order valence-corrected chi connectivity index (χ1v) is 3.53.